The number of carbonyl (C=O) groups is 1. The Bertz CT molecular complexity index is 220. The van der Waals surface area contributed by atoms with Crippen LogP contribution in [0.5, 0.6) is 0 Å². The fourth-order valence-electron chi connectivity index (χ4n) is 1.41. The zero-order valence-corrected chi connectivity index (χ0v) is 10.6. The van der Waals surface area contributed by atoms with Crippen molar-refractivity contribution >= 4 is 5.91 Å². The molecule has 0 aromatic rings. The van der Waals surface area contributed by atoms with Gasteiger partial charge in [-0.05, 0) is 19.3 Å². The molecule has 2 atom stereocenters. The topological polar surface area (TPSA) is 32.3 Å². The van der Waals surface area contributed by atoms with Crippen molar-refractivity contribution in [3.05, 3.63) is 0 Å². The van der Waals surface area contributed by atoms with Gasteiger partial charge in [0.15, 0.2) is 0 Å². The van der Waals surface area contributed by atoms with Gasteiger partial charge < -0.3 is 4.90 Å². The van der Waals surface area contributed by atoms with Crippen LogP contribution in [0.2, 0.25) is 0 Å². The summed E-state index contributed by atoms with van der Waals surface area (Å²) in [6, 6.07) is -1.49. The first-order valence-electron chi connectivity index (χ1n) is 5.51. The van der Waals surface area contributed by atoms with E-state index in [1.54, 1.807) is 14.1 Å². The fraction of sp³-hybridized carbons (Fsp3) is 0.909. The van der Waals surface area contributed by atoms with Gasteiger partial charge in [0.25, 0.3) is 6.43 Å². The standard InChI is InChI=1S/C11H22F2N2O/c1-7(2)6-9(11(16)15(4)5)14-8(3)10(12)13/h7-10,14H,6H2,1-5H3. The monoisotopic (exact) mass is 236 g/mol. The van der Waals surface area contributed by atoms with E-state index < -0.39 is 18.5 Å². The number of nitrogens with one attached hydrogen (secondary N) is 1. The lowest BCUT2D eigenvalue weighted by Gasteiger charge is -2.26. The Kier molecular flexibility index (Phi) is 6.48. The highest BCUT2D eigenvalue weighted by Gasteiger charge is 2.25. The predicted molar refractivity (Wildman–Crippen MR) is 60.5 cm³/mol. The number of nitrogens with zero attached hydrogens (tertiary/aromatic N) is 1. The first kappa shape index (κ1) is 15.3. The van der Waals surface area contributed by atoms with E-state index in [1.165, 1.54) is 11.8 Å². The molecule has 1 amide bonds. The first-order chi connectivity index (χ1) is 7.25. The van der Waals surface area contributed by atoms with Gasteiger partial charge in [-0.3, -0.25) is 10.1 Å². The summed E-state index contributed by atoms with van der Waals surface area (Å²) in [5, 5.41) is 2.69. The van der Waals surface area contributed by atoms with Crippen LogP contribution in [-0.4, -0.2) is 43.4 Å². The lowest BCUT2D eigenvalue weighted by molar-refractivity contribution is -0.131. The Hall–Kier alpha value is -0.710. The first-order valence-corrected chi connectivity index (χ1v) is 5.51. The number of hydrogen-bond acceptors (Lipinski definition) is 2. The molecule has 0 aromatic heterocycles. The molecule has 96 valence electrons. The molecular weight excluding hydrogens is 214 g/mol. The van der Waals surface area contributed by atoms with Crippen molar-refractivity contribution in [2.24, 2.45) is 5.92 Å². The van der Waals surface area contributed by atoms with Gasteiger partial charge in [-0.2, -0.15) is 0 Å². The van der Waals surface area contributed by atoms with Crippen LogP contribution in [0.1, 0.15) is 27.2 Å². The molecule has 0 saturated carbocycles. The van der Waals surface area contributed by atoms with Crippen molar-refractivity contribution < 1.29 is 13.6 Å². The fourth-order valence-corrected chi connectivity index (χ4v) is 1.41. The number of alkyl halides is 2. The Morgan fingerprint density at radius 3 is 2.06 bits per heavy atom. The maximum atomic E-state index is 12.4. The second-order valence-electron chi connectivity index (χ2n) is 4.70. The molecule has 16 heavy (non-hydrogen) atoms. The van der Waals surface area contributed by atoms with Crippen LogP contribution in [0.15, 0.2) is 0 Å². The average Bonchev–Trinajstić information content (AvgIpc) is 2.14. The molecule has 5 heteroatoms. The molecule has 2 unspecified atom stereocenters. The van der Waals surface area contributed by atoms with E-state index in [-0.39, 0.29) is 11.8 Å². The predicted octanol–water partition coefficient (Wildman–Crippen LogP) is 1.73. The van der Waals surface area contributed by atoms with Crippen LogP contribution in [0, 0.1) is 5.92 Å². The van der Waals surface area contributed by atoms with E-state index in [2.05, 4.69) is 5.32 Å². The van der Waals surface area contributed by atoms with Crippen LogP contribution in [0.25, 0.3) is 0 Å². The molecule has 0 heterocycles. The minimum absolute atomic E-state index is 0.152. The Labute approximate surface area is 96.2 Å². The highest BCUT2D eigenvalue weighted by Crippen LogP contribution is 2.10. The summed E-state index contributed by atoms with van der Waals surface area (Å²) in [5.74, 6) is 0.132. The Morgan fingerprint density at radius 2 is 1.75 bits per heavy atom. The number of rotatable bonds is 6. The third-order valence-corrected chi connectivity index (χ3v) is 2.29. The van der Waals surface area contributed by atoms with Crippen molar-refractivity contribution in [2.75, 3.05) is 14.1 Å². The van der Waals surface area contributed by atoms with Crippen LogP contribution in [0.3, 0.4) is 0 Å². The highest BCUT2D eigenvalue weighted by molar-refractivity contribution is 5.81. The van der Waals surface area contributed by atoms with E-state index in [4.69, 9.17) is 0 Å². The summed E-state index contributed by atoms with van der Waals surface area (Å²) >= 11 is 0. The molecule has 0 spiro atoms. The summed E-state index contributed by atoms with van der Waals surface area (Å²) in [5.41, 5.74) is 0. The molecule has 1 N–H and O–H groups in total. The zero-order chi connectivity index (χ0) is 12.9. The van der Waals surface area contributed by atoms with Crippen molar-refractivity contribution in [1.82, 2.24) is 10.2 Å². The van der Waals surface area contributed by atoms with Gasteiger partial charge in [-0.15, -0.1) is 0 Å². The van der Waals surface area contributed by atoms with Crippen molar-refractivity contribution in [3.63, 3.8) is 0 Å². The maximum absolute atomic E-state index is 12.4. The van der Waals surface area contributed by atoms with Gasteiger partial charge in [0.2, 0.25) is 5.91 Å². The number of likely N-dealkylation sites (N-methyl/N-ethyl adjacent to an activating group) is 1. The van der Waals surface area contributed by atoms with E-state index in [0.29, 0.717) is 6.42 Å². The van der Waals surface area contributed by atoms with Crippen LogP contribution in [0.4, 0.5) is 8.78 Å². The summed E-state index contributed by atoms with van der Waals surface area (Å²) in [6.07, 6.45) is -1.89. The zero-order valence-electron chi connectivity index (χ0n) is 10.6. The quantitative estimate of drug-likeness (QED) is 0.761. The van der Waals surface area contributed by atoms with Crippen LogP contribution >= 0.6 is 0 Å². The van der Waals surface area contributed by atoms with E-state index >= 15 is 0 Å². The third-order valence-electron chi connectivity index (χ3n) is 2.29. The molecule has 0 aliphatic heterocycles. The second kappa shape index (κ2) is 6.78. The van der Waals surface area contributed by atoms with E-state index in [9.17, 15) is 13.6 Å². The SMILES string of the molecule is CC(C)CC(NC(C)C(F)F)C(=O)N(C)C. The van der Waals surface area contributed by atoms with Crippen LogP contribution in [-0.2, 0) is 4.79 Å². The number of carbonyl (C=O) groups excluding carboxylic acids is 1. The molecule has 0 aliphatic carbocycles. The van der Waals surface area contributed by atoms with Gasteiger partial charge in [-0.1, -0.05) is 13.8 Å². The van der Waals surface area contributed by atoms with Gasteiger partial charge in [0.05, 0.1) is 12.1 Å². The summed E-state index contributed by atoms with van der Waals surface area (Å²) in [4.78, 5) is 13.2. The van der Waals surface area contributed by atoms with Crippen LogP contribution < -0.4 is 5.32 Å². The van der Waals surface area contributed by atoms with Crippen molar-refractivity contribution in [1.29, 1.82) is 0 Å². The molecule has 0 saturated heterocycles. The normalized spacial score (nSPS) is 15.3. The number of halogens is 2. The largest absolute Gasteiger partial charge is 0.347 e. The minimum Gasteiger partial charge on any atom is -0.347 e. The molecule has 3 nitrogen and oxygen atoms in total. The molecule has 0 aliphatic rings. The molecule has 0 aromatic carbocycles. The lowest BCUT2D eigenvalue weighted by atomic mass is 10.0. The Balaban J connectivity index is 4.49. The molecule has 0 radical (unpaired) electrons. The van der Waals surface area contributed by atoms with E-state index in [1.807, 2.05) is 13.8 Å². The van der Waals surface area contributed by atoms with E-state index in [0.717, 1.165) is 0 Å². The number of amides is 1. The summed E-state index contributed by atoms with van der Waals surface area (Å²) in [6.45, 7) is 5.32. The van der Waals surface area contributed by atoms with Gasteiger partial charge in [0, 0.05) is 14.1 Å². The van der Waals surface area contributed by atoms with Crippen molar-refractivity contribution in [2.45, 2.75) is 45.7 Å². The summed E-state index contributed by atoms with van der Waals surface area (Å²) < 4.78 is 24.8. The second-order valence-corrected chi connectivity index (χ2v) is 4.70. The van der Waals surface area contributed by atoms with Gasteiger partial charge >= 0.3 is 0 Å². The molecule has 0 fully saturated rings. The minimum atomic E-state index is -2.45. The van der Waals surface area contributed by atoms with Crippen molar-refractivity contribution in [3.8, 4) is 0 Å². The number of hydrogen-bond donors (Lipinski definition) is 1. The third kappa shape index (κ3) is 5.39. The van der Waals surface area contributed by atoms with Gasteiger partial charge in [0.1, 0.15) is 0 Å². The highest BCUT2D eigenvalue weighted by atomic mass is 19.3. The maximum Gasteiger partial charge on any atom is 0.253 e. The smallest absolute Gasteiger partial charge is 0.253 e. The van der Waals surface area contributed by atoms with Gasteiger partial charge in [-0.25, -0.2) is 8.78 Å². The average molecular weight is 236 g/mol. The molecule has 0 bridgehead atoms. The molecular formula is C11H22F2N2O. The molecule has 0 rings (SSSR count). The lowest BCUT2D eigenvalue weighted by Crippen LogP contribution is -2.49. The summed E-state index contributed by atoms with van der Waals surface area (Å²) in [7, 11) is 3.26. The Morgan fingerprint density at radius 1 is 1.25 bits per heavy atom.